The normalized spacial score (nSPS) is 18.0. The van der Waals surface area contributed by atoms with Crippen molar-refractivity contribution in [1.29, 1.82) is 0 Å². The minimum atomic E-state index is -0.618. The zero-order valence-corrected chi connectivity index (χ0v) is 7.48. The van der Waals surface area contributed by atoms with Gasteiger partial charge in [0.2, 0.25) is 0 Å². The molecule has 0 spiro atoms. The molecule has 0 rings (SSSR count). The summed E-state index contributed by atoms with van der Waals surface area (Å²) in [6, 6.07) is 0. The first-order valence-electron chi connectivity index (χ1n) is 2.91. The number of hydrogen-bond donors (Lipinski definition) is 0. The standard InChI is InChI=1S/C6H12FI/c1-5(7)3-4-6(2)8/h5-6H,3-4H2,1-2H3. The van der Waals surface area contributed by atoms with Crippen molar-refractivity contribution >= 4 is 22.6 Å². The van der Waals surface area contributed by atoms with Crippen LogP contribution in [0.2, 0.25) is 0 Å². The minimum absolute atomic E-state index is 0.616. The molecule has 0 aliphatic carbocycles. The van der Waals surface area contributed by atoms with Crippen molar-refractivity contribution in [2.45, 2.75) is 36.8 Å². The van der Waals surface area contributed by atoms with Gasteiger partial charge in [-0.15, -0.1) is 0 Å². The van der Waals surface area contributed by atoms with E-state index < -0.39 is 6.17 Å². The van der Waals surface area contributed by atoms with E-state index in [4.69, 9.17) is 0 Å². The largest absolute Gasteiger partial charge is 0.248 e. The third-order valence-electron chi connectivity index (χ3n) is 0.962. The lowest BCUT2D eigenvalue weighted by molar-refractivity contribution is 0.335. The van der Waals surface area contributed by atoms with E-state index in [9.17, 15) is 4.39 Å². The summed E-state index contributed by atoms with van der Waals surface area (Å²) in [6.45, 7) is 3.71. The molecule has 0 bridgehead atoms. The Kier molecular flexibility index (Phi) is 4.90. The van der Waals surface area contributed by atoms with E-state index in [0.717, 1.165) is 6.42 Å². The topological polar surface area (TPSA) is 0 Å². The second-order valence-electron chi connectivity index (χ2n) is 2.14. The first kappa shape index (κ1) is 8.66. The van der Waals surface area contributed by atoms with Crippen LogP contribution < -0.4 is 0 Å². The average Bonchev–Trinajstić information content (AvgIpc) is 1.61. The van der Waals surface area contributed by atoms with Gasteiger partial charge in [0.15, 0.2) is 0 Å². The van der Waals surface area contributed by atoms with Crippen molar-refractivity contribution in [3.05, 3.63) is 0 Å². The van der Waals surface area contributed by atoms with Gasteiger partial charge in [0.25, 0.3) is 0 Å². The maximum atomic E-state index is 12.1. The van der Waals surface area contributed by atoms with Crippen LogP contribution in [0.4, 0.5) is 4.39 Å². The Hall–Kier alpha value is 0.660. The molecule has 0 saturated heterocycles. The fourth-order valence-corrected chi connectivity index (χ4v) is 0.819. The highest BCUT2D eigenvalue weighted by Gasteiger charge is 1.99. The van der Waals surface area contributed by atoms with E-state index in [0.29, 0.717) is 10.3 Å². The quantitative estimate of drug-likeness (QED) is 0.516. The van der Waals surface area contributed by atoms with Crippen molar-refractivity contribution in [3.63, 3.8) is 0 Å². The van der Waals surface area contributed by atoms with Crippen molar-refractivity contribution in [3.8, 4) is 0 Å². The molecule has 8 heavy (non-hydrogen) atoms. The molecule has 0 radical (unpaired) electrons. The summed E-state index contributed by atoms with van der Waals surface area (Å²) in [6.07, 6.45) is 1.09. The predicted octanol–water partition coefficient (Wildman–Crippen LogP) is 2.95. The molecule has 0 heterocycles. The lowest BCUT2D eigenvalue weighted by atomic mass is 10.2. The molecule has 0 aromatic carbocycles. The second-order valence-corrected chi connectivity index (χ2v) is 4.27. The highest BCUT2D eigenvalue weighted by molar-refractivity contribution is 14.1. The zero-order valence-electron chi connectivity index (χ0n) is 5.32. The molecule has 2 atom stereocenters. The van der Waals surface area contributed by atoms with Gasteiger partial charge in [-0.25, -0.2) is 4.39 Å². The van der Waals surface area contributed by atoms with Crippen LogP contribution in [-0.2, 0) is 0 Å². The van der Waals surface area contributed by atoms with Gasteiger partial charge in [-0.1, -0.05) is 29.5 Å². The number of rotatable bonds is 3. The summed E-state index contributed by atoms with van der Waals surface area (Å²) in [4.78, 5) is 0. The third-order valence-corrected chi connectivity index (χ3v) is 1.59. The van der Waals surface area contributed by atoms with E-state index >= 15 is 0 Å². The molecular formula is C6H12FI. The average molecular weight is 230 g/mol. The van der Waals surface area contributed by atoms with Crippen LogP contribution in [-0.4, -0.2) is 10.1 Å². The molecule has 0 nitrogen and oxygen atoms in total. The monoisotopic (exact) mass is 230 g/mol. The van der Waals surface area contributed by atoms with Crippen molar-refractivity contribution in [1.82, 2.24) is 0 Å². The molecule has 2 unspecified atom stereocenters. The Morgan fingerprint density at radius 3 is 2.00 bits per heavy atom. The highest BCUT2D eigenvalue weighted by atomic mass is 127. The summed E-state index contributed by atoms with van der Waals surface area (Å²) in [5.41, 5.74) is 0. The van der Waals surface area contributed by atoms with E-state index in [2.05, 4.69) is 29.5 Å². The molecule has 0 amide bonds. The lowest BCUT2D eigenvalue weighted by Gasteiger charge is -2.01. The van der Waals surface area contributed by atoms with E-state index in [1.807, 2.05) is 0 Å². The molecule has 0 aliphatic heterocycles. The Labute approximate surface area is 64.0 Å². The van der Waals surface area contributed by atoms with Crippen LogP contribution in [0.1, 0.15) is 26.7 Å². The number of hydrogen-bond acceptors (Lipinski definition) is 0. The first-order valence-corrected chi connectivity index (χ1v) is 4.15. The lowest BCUT2D eigenvalue weighted by Crippen LogP contribution is -1.97. The third kappa shape index (κ3) is 6.66. The first-order chi connectivity index (χ1) is 3.63. The molecule has 0 aromatic rings. The fraction of sp³-hybridized carbons (Fsp3) is 1.00. The van der Waals surface area contributed by atoms with E-state index in [1.165, 1.54) is 0 Å². The smallest absolute Gasteiger partial charge is 0.0974 e. The summed E-state index contributed by atoms with van der Waals surface area (Å²) < 4.78 is 12.7. The van der Waals surface area contributed by atoms with Crippen molar-refractivity contribution < 1.29 is 4.39 Å². The maximum Gasteiger partial charge on any atom is 0.0974 e. The van der Waals surface area contributed by atoms with E-state index in [1.54, 1.807) is 6.92 Å². The Balaban J connectivity index is 2.93. The van der Waals surface area contributed by atoms with Gasteiger partial charge in [-0.3, -0.25) is 0 Å². The second kappa shape index (κ2) is 4.53. The molecular weight excluding hydrogens is 218 g/mol. The number of alkyl halides is 2. The fourth-order valence-electron chi connectivity index (χ4n) is 0.459. The van der Waals surface area contributed by atoms with Gasteiger partial charge in [-0.2, -0.15) is 0 Å². The maximum absolute atomic E-state index is 12.1. The summed E-state index contributed by atoms with van der Waals surface area (Å²) in [5, 5.41) is 0. The Morgan fingerprint density at radius 1 is 1.38 bits per heavy atom. The summed E-state index contributed by atoms with van der Waals surface area (Å²) >= 11 is 2.31. The van der Waals surface area contributed by atoms with Crippen LogP contribution in [0.5, 0.6) is 0 Å². The zero-order chi connectivity index (χ0) is 6.57. The SMILES string of the molecule is CC(F)CCC(C)I. The molecule has 50 valence electrons. The van der Waals surface area contributed by atoms with Crippen molar-refractivity contribution in [2.75, 3.05) is 0 Å². The predicted molar refractivity (Wildman–Crippen MR) is 43.3 cm³/mol. The van der Waals surface area contributed by atoms with E-state index in [-0.39, 0.29) is 0 Å². The van der Waals surface area contributed by atoms with Gasteiger partial charge in [0.1, 0.15) is 0 Å². The van der Waals surface area contributed by atoms with Crippen LogP contribution in [0.25, 0.3) is 0 Å². The van der Waals surface area contributed by atoms with Crippen molar-refractivity contribution in [2.24, 2.45) is 0 Å². The Bertz CT molecular complexity index is 44.5. The van der Waals surface area contributed by atoms with Gasteiger partial charge in [0, 0.05) is 3.92 Å². The molecule has 0 N–H and O–H groups in total. The van der Waals surface area contributed by atoms with Crippen LogP contribution in [0, 0.1) is 0 Å². The molecule has 2 heteroatoms. The number of halogens is 2. The van der Waals surface area contributed by atoms with Gasteiger partial charge < -0.3 is 0 Å². The molecule has 0 aromatic heterocycles. The van der Waals surface area contributed by atoms with Gasteiger partial charge >= 0.3 is 0 Å². The molecule has 0 fully saturated rings. The van der Waals surface area contributed by atoms with Crippen LogP contribution in [0.15, 0.2) is 0 Å². The minimum Gasteiger partial charge on any atom is -0.248 e. The summed E-state index contributed by atoms with van der Waals surface area (Å²) in [5.74, 6) is 0. The molecule has 0 saturated carbocycles. The van der Waals surface area contributed by atoms with Crippen LogP contribution >= 0.6 is 22.6 Å². The Morgan fingerprint density at radius 2 is 1.88 bits per heavy atom. The molecule has 0 aliphatic rings. The highest BCUT2D eigenvalue weighted by Crippen LogP contribution is 2.10. The summed E-state index contributed by atoms with van der Waals surface area (Å²) in [7, 11) is 0. The van der Waals surface area contributed by atoms with Gasteiger partial charge in [-0.05, 0) is 19.8 Å². The van der Waals surface area contributed by atoms with Gasteiger partial charge in [0.05, 0.1) is 6.17 Å². The van der Waals surface area contributed by atoms with Crippen LogP contribution in [0.3, 0.4) is 0 Å².